The first-order chi connectivity index (χ1) is 7.07. The standard InChI is InChI=1S/C10H6F3NO/c11-10(12,13)8-3-1-7(2-4-8)9-5-6-14-15-9/h1-6H. The highest BCUT2D eigenvalue weighted by atomic mass is 19.4. The largest absolute Gasteiger partial charge is 0.416 e. The molecule has 15 heavy (non-hydrogen) atoms. The van der Waals surface area contributed by atoms with Crippen LogP contribution in [0.4, 0.5) is 13.2 Å². The number of hydrogen-bond acceptors (Lipinski definition) is 2. The fourth-order valence-corrected chi connectivity index (χ4v) is 1.19. The lowest BCUT2D eigenvalue weighted by atomic mass is 10.1. The van der Waals surface area contributed by atoms with Crippen molar-refractivity contribution in [2.24, 2.45) is 0 Å². The van der Waals surface area contributed by atoms with Crippen molar-refractivity contribution < 1.29 is 17.7 Å². The maximum Gasteiger partial charge on any atom is 0.416 e. The molecule has 0 aliphatic carbocycles. The van der Waals surface area contributed by atoms with Gasteiger partial charge in [-0.3, -0.25) is 0 Å². The summed E-state index contributed by atoms with van der Waals surface area (Å²) in [5, 5.41) is 3.47. The van der Waals surface area contributed by atoms with Crippen LogP contribution in [-0.2, 0) is 6.18 Å². The molecule has 2 rings (SSSR count). The molecule has 0 atom stereocenters. The quantitative estimate of drug-likeness (QED) is 0.725. The van der Waals surface area contributed by atoms with E-state index in [0.717, 1.165) is 12.1 Å². The summed E-state index contributed by atoms with van der Waals surface area (Å²) in [5.41, 5.74) is -0.105. The van der Waals surface area contributed by atoms with Gasteiger partial charge in [0.25, 0.3) is 0 Å². The first-order valence-corrected chi connectivity index (χ1v) is 4.16. The molecule has 0 spiro atoms. The molecule has 0 aliphatic rings. The fourth-order valence-electron chi connectivity index (χ4n) is 1.19. The summed E-state index contributed by atoms with van der Waals surface area (Å²) in [6, 6.07) is 6.31. The molecule has 0 aliphatic heterocycles. The van der Waals surface area contributed by atoms with E-state index >= 15 is 0 Å². The minimum absolute atomic E-state index is 0.448. The molecule has 0 N–H and O–H groups in total. The number of benzene rings is 1. The van der Waals surface area contributed by atoms with Crippen molar-refractivity contribution in [3.05, 3.63) is 42.1 Å². The molecule has 0 unspecified atom stereocenters. The van der Waals surface area contributed by atoms with Crippen LogP contribution in [0.3, 0.4) is 0 Å². The van der Waals surface area contributed by atoms with Gasteiger partial charge in [0.15, 0.2) is 5.76 Å². The second kappa shape index (κ2) is 3.42. The maximum atomic E-state index is 12.2. The third-order valence-corrected chi connectivity index (χ3v) is 1.93. The van der Waals surface area contributed by atoms with Crippen molar-refractivity contribution in [3.63, 3.8) is 0 Å². The molecule has 2 nitrogen and oxygen atoms in total. The molecule has 0 bridgehead atoms. The number of alkyl halides is 3. The van der Waals surface area contributed by atoms with E-state index in [2.05, 4.69) is 5.16 Å². The van der Waals surface area contributed by atoms with Crippen molar-refractivity contribution in [1.29, 1.82) is 0 Å². The first kappa shape index (κ1) is 9.76. The van der Waals surface area contributed by atoms with Crippen LogP contribution in [0.5, 0.6) is 0 Å². The summed E-state index contributed by atoms with van der Waals surface area (Å²) in [4.78, 5) is 0. The van der Waals surface area contributed by atoms with Gasteiger partial charge in [0, 0.05) is 11.6 Å². The normalized spacial score (nSPS) is 11.7. The minimum atomic E-state index is -4.31. The van der Waals surface area contributed by atoms with E-state index in [9.17, 15) is 13.2 Å². The Morgan fingerprint density at radius 3 is 2.13 bits per heavy atom. The van der Waals surface area contributed by atoms with Crippen LogP contribution in [0.15, 0.2) is 41.1 Å². The number of nitrogens with zero attached hydrogens (tertiary/aromatic N) is 1. The lowest BCUT2D eigenvalue weighted by Gasteiger charge is -2.05. The molecular weight excluding hydrogens is 207 g/mol. The van der Waals surface area contributed by atoms with Crippen LogP contribution in [0, 0.1) is 0 Å². The molecular formula is C10H6F3NO. The van der Waals surface area contributed by atoms with Gasteiger partial charge in [0.1, 0.15) is 0 Å². The van der Waals surface area contributed by atoms with Gasteiger partial charge in [-0.1, -0.05) is 17.3 Å². The van der Waals surface area contributed by atoms with Gasteiger partial charge >= 0.3 is 6.18 Å². The van der Waals surface area contributed by atoms with E-state index in [4.69, 9.17) is 4.52 Å². The topological polar surface area (TPSA) is 26.0 Å². The van der Waals surface area contributed by atoms with Gasteiger partial charge in [-0.2, -0.15) is 13.2 Å². The third kappa shape index (κ3) is 2.01. The van der Waals surface area contributed by atoms with Crippen LogP contribution in [0.25, 0.3) is 11.3 Å². The summed E-state index contributed by atoms with van der Waals surface area (Å²) in [6.45, 7) is 0. The molecule has 78 valence electrons. The van der Waals surface area contributed by atoms with E-state index in [1.165, 1.54) is 18.3 Å². The molecule has 0 saturated heterocycles. The van der Waals surface area contributed by atoms with Crippen molar-refractivity contribution >= 4 is 0 Å². The van der Waals surface area contributed by atoms with Crippen molar-refractivity contribution in [2.75, 3.05) is 0 Å². The zero-order valence-electron chi connectivity index (χ0n) is 7.45. The maximum absolute atomic E-state index is 12.2. The summed E-state index contributed by atoms with van der Waals surface area (Å²) in [7, 11) is 0. The molecule has 0 saturated carbocycles. The Balaban J connectivity index is 2.33. The molecule has 1 aromatic carbocycles. The van der Waals surface area contributed by atoms with Gasteiger partial charge in [0.2, 0.25) is 0 Å². The Hall–Kier alpha value is -1.78. The van der Waals surface area contributed by atoms with Crippen molar-refractivity contribution in [3.8, 4) is 11.3 Å². The third-order valence-electron chi connectivity index (χ3n) is 1.93. The van der Waals surface area contributed by atoms with Crippen LogP contribution in [0.2, 0.25) is 0 Å². The Morgan fingerprint density at radius 1 is 1.00 bits per heavy atom. The minimum Gasteiger partial charge on any atom is -0.356 e. The zero-order valence-corrected chi connectivity index (χ0v) is 7.45. The predicted molar refractivity (Wildman–Crippen MR) is 46.9 cm³/mol. The monoisotopic (exact) mass is 213 g/mol. The number of rotatable bonds is 1. The number of aromatic nitrogens is 1. The molecule has 5 heteroatoms. The highest BCUT2D eigenvalue weighted by Crippen LogP contribution is 2.30. The van der Waals surface area contributed by atoms with Crippen LogP contribution in [-0.4, -0.2) is 5.16 Å². The van der Waals surface area contributed by atoms with Gasteiger partial charge in [-0.25, -0.2) is 0 Å². The first-order valence-electron chi connectivity index (χ1n) is 4.16. The van der Waals surface area contributed by atoms with Crippen molar-refractivity contribution in [1.82, 2.24) is 5.16 Å². The summed E-state index contributed by atoms with van der Waals surface area (Å²) in [6.07, 6.45) is -2.87. The Bertz CT molecular complexity index is 431. The van der Waals surface area contributed by atoms with E-state index in [1.54, 1.807) is 6.07 Å². The average Bonchev–Trinajstić information content (AvgIpc) is 2.69. The van der Waals surface area contributed by atoms with Crippen LogP contribution < -0.4 is 0 Å². The molecule has 0 radical (unpaired) electrons. The Kier molecular flexibility index (Phi) is 2.22. The molecule has 1 aromatic heterocycles. The van der Waals surface area contributed by atoms with E-state index < -0.39 is 11.7 Å². The van der Waals surface area contributed by atoms with Gasteiger partial charge in [0.05, 0.1) is 11.8 Å². The van der Waals surface area contributed by atoms with E-state index in [0.29, 0.717) is 11.3 Å². The van der Waals surface area contributed by atoms with Crippen molar-refractivity contribution in [2.45, 2.75) is 6.18 Å². The van der Waals surface area contributed by atoms with E-state index in [-0.39, 0.29) is 0 Å². The van der Waals surface area contributed by atoms with Gasteiger partial charge in [-0.05, 0) is 12.1 Å². The highest BCUT2D eigenvalue weighted by molar-refractivity contribution is 5.56. The molecule has 1 heterocycles. The Morgan fingerprint density at radius 2 is 1.67 bits per heavy atom. The smallest absolute Gasteiger partial charge is 0.356 e. The lowest BCUT2D eigenvalue weighted by Crippen LogP contribution is -2.03. The van der Waals surface area contributed by atoms with Crippen LogP contribution >= 0.6 is 0 Å². The summed E-state index contributed by atoms with van der Waals surface area (Å²) in [5.74, 6) is 0.448. The highest BCUT2D eigenvalue weighted by Gasteiger charge is 2.30. The SMILES string of the molecule is FC(F)(F)c1ccc(-c2ccno2)cc1. The van der Waals surface area contributed by atoms with E-state index in [1.807, 2.05) is 0 Å². The zero-order chi connectivity index (χ0) is 10.9. The van der Waals surface area contributed by atoms with Gasteiger partial charge in [-0.15, -0.1) is 0 Å². The van der Waals surface area contributed by atoms with Gasteiger partial charge < -0.3 is 4.52 Å². The average molecular weight is 213 g/mol. The predicted octanol–water partition coefficient (Wildman–Crippen LogP) is 3.36. The van der Waals surface area contributed by atoms with Crippen LogP contribution in [0.1, 0.15) is 5.56 Å². The number of halogens is 3. The number of hydrogen-bond donors (Lipinski definition) is 0. The summed E-state index contributed by atoms with van der Waals surface area (Å²) < 4.78 is 41.5. The molecule has 2 aromatic rings. The second-order valence-corrected chi connectivity index (χ2v) is 2.95. The second-order valence-electron chi connectivity index (χ2n) is 2.95. The summed E-state index contributed by atoms with van der Waals surface area (Å²) >= 11 is 0. The molecule has 0 fully saturated rings. The lowest BCUT2D eigenvalue weighted by molar-refractivity contribution is -0.137. The Labute approximate surface area is 83.3 Å². The molecule has 0 amide bonds. The fraction of sp³-hybridized carbons (Fsp3) is 0.100.